The van der Waals surface area contributed by atoms with Gasteiger partial charge in [0.1, 0.15) is 0 Å². The van der Waals surface area contributed by atoms with Gasteiger partial charge in [-0.3, -0.25) is 4.79 Å². The topological polar surface area (TPSA) is 69.6 Å². The van der Waals surface area contributed by atoms with E-state index in [2.05, 4.69) is 55.6 Å². The second-order valence-electron chi connectivity index (χ2n) is 15.1. The summed E-state index contributed by atoms with van der Waals surface area (Å²) in [6.07, 6.45) is 58.0. The summed E-state index contributed by atoms with van der Waals surface area (Å²) in [5.41, 5.74) is 0. The number of unbranched alkanes of at least 4 members (excludes halogenated alkanes) is 27. The van der Waals surface area contributed by atoms with Crippen molar-refractivity contribution in [3.8, 4) is 0 Å². The third-order valence-corrected chi connectivity index (χ3v) is 10.0. The van der Waals surface area contributed by atoms with Gasteiger partial charge in [0.05, 0.1) is 18.8 Å². The fraction of sp³-hybridized carbons (Fsp3) is 0.809. The Morgan fingerprint density at radius 2 is 0.765 bits per heavy atom. The molecule has 4 nitrogen and oxygen atoms in total. The molecule has 51 heavy (non-hydrogen) atoms. The van der Waals surface area contributed by atoms with E-state index in [0.717, 1.165) is 38.5 Å². The molecular formula is C47H87NO3. The normalized spacial score (nSPS) is 13.4. The van der Waals surface area contributed by atoms with Gasteiger partial charge in [-0.2, -0.15) is 0 Å². The SMILES string of the molecule is CCCCCC/C=C\CCCCCCCCCC(=O)NC(CO)C(O)/C=C/CC/C=C/CC/C=C/CCCCCCCCCCCCCCCC. The van der Waals surface area contributed by atoms with Crippen molar-refractivity contribution in [2.75, 3.05) is 6.61 Å². The van der Waals surface area contributed by atoms with Crippen LogP contribution in [0.25, 0.3) is 0 Å². The fourth-order valence-electron chi connectivity index (χ4n) is 6.56. The van der Waals surface area contributed by atoms with E-state index in [-0.39, 0.29) is 12.5 Å². The number of carbonyl (C=O) groups is 1. The van der Waals surface area contributed by atoms with Crippen molar-refractivity contribution in [1.82, 2.24) is 5.32 Å². The van der Waals surface area contributed by atoms with E-state index in [4.69, 9.17) is 0 Å². The van der Waals surface area contributed by atoms with E-state index in [1.54, 1.807) is 6.08 Å². The average Bonchev–Trinajstić information content (AvgIpc) is 3.13. The number of nitrogens with one attached hydrogen (secondary N) is 1. The maximum Gasteiger partial charge on any atom is 0.220 e. The van der Waals surface area contributed by atoms with Crippen LogP contribution in [0.4, 0.5) is 0 Å². The third-order valence-electron chi connectivity index (χ3n) is 10.0. The lowest BCUT2D eigenvalue weighted by Gasteiger charge is -2.19. The summed E-state index contributed by atoms with van der Waals surface area (Å²) in [7, 11) is 0. The van der Waals surface area contributed by atoms with Crippen molar-refractivity contribution >= 4 is 5.91 Å². The maximum absolute atomic E-state index is 12.4. The van der Waals surface area contributed by atoms with Crippen LogP contribution in [-0.2, 0) is 4.79 Å². The van der Waals surface area contributed by atoms with Crippen LogP contribution in [0, 0.1) is 0 Å². The lowest BCUT2D eigenvalue weighted by atomic mass is 10.0. The van der Waals surface area contributed by atoms with Crippen molar-refractivity contribution in [3.63, 3.8) is 0 Å². The van der Waals surface area contributed by atoms with E-state index in [1.807, 2.05) is 6.08 Å². The molecule has 0 saturated heterocycles. The van der Waals surface area contributed by atoms with Crippen molar-refractivity contribution in [1.29, 1.82) is 0 Å². The molecule has 0 aromatic heterocycles. The van der Waals surface area contributed by atoms with Gasteiger partial charge in [0.15, 0.2) is 0 Å². The molecule has 1 amide bonds. The van der Waals surface area contributed by atoms with Crippen LogP contribution in [0.5, 0.6) is 0 Å². The van der Waals surface area contributed by atoms with E-state index < -0.39 is 12.1 Å². The predicted molar refractivity (Wildman–Crippen MR) is 225 cm³/mol. The van der Waals surface area contributed by atoms with Crippen molar-refractivity contribution in [2.45, 2.75) is 238 Å². The summed E-state index contributed by atoms with van der Waals surface area (Å²) < 4.78 is 0. The van der Waals surface area contributed by atoms with Crippen LogP contribution in [-0.4, -0.2) is 34.9 Å². The highest BCUT2D eigenvalue weighted by atomic mass is 16.3. The summed E-state index contributed by atoms with van der Waals surface area (Å²) >= 11 is 0. The Hall–Kier alpha value is -1.65. The smallest absolute Gasteiger partial charge is 0.220 e. The molecule has 0 heterocycles. The Balaban J connectivity index is 3.64. The molecule has 0 aromatic rings. The minimum absolute atomic E-state index is 0.0837. The minimum atomic E-state index is -0.872. The molecular weight excluding hydrogens is 627 g/mol. The lowest BCUT2D eigenvalue weighted by Crippen LogP contribution is -2.45. The van der Waals surface area contributed by atoms with Gasteiger partial charge in [0, 0.05) is 6.42 Å². The molecule has 0 fully saturated rings. The van der Waals surface area contributed by atoms with E-state index in [1.165, 1.54) is 167 Å². The highest BCUT2D eigenvalue weighted by Gasteiger charge is 2.17. The summed E-state index contributed by atoms with van der Waals surface area (Å²) in [4.78, 5) is 12.4. The standard InChI is InChI=1S/C47H87NO3/c1-3-5-7-9-11-13-15-17-19-20-21-22-23-24-25-26-27-29-30-32-34-36-38-40-42-46(50)45(44-49)48-47(51)43-41-39-37-35-33-31-28-18-16-14-12-10-8-6-4-2/h14,16,26-27,32,34,40,42,45-46,49-50H,3-13,15,17-25,28-31,33,35-39,41,43-44H2,1-2H3,(H,48,51)/b16-14-,27-26+,34-32+,42-40+. The van der Waals surface area contributed by atoms with Gasteiger partial charge in [-0.05, 0) is 70.6 Å². The summed E-state index contributed by atoms with van der Waals surface area (Å²) in [5, 5.41) is 23.0. The molecule has 298 valence electrons. The molecule has 0 bridgehead atoms. The number of rotatable bonds is 40. The number of hydrogen-bond donors (Lipinski definition) is 3. The molecule has 0 aliphatic heterocycles. The Bertz CT molecular complexity index is 816. The Labute approximate surface area is 318 Å². The van der Waals surface area contributed by atoms with E-state index >= 15 is 0 Å². The first-order valence-corrected chi connectivity index (χ1v) is 22.4. The number of aliphatic hydroxyl groups excluding tert-OH is 2. The van der Waals surface area contributed by atoms with Crippen molar-refractivity contribution in [2.24, 2.45) is 0 Å². The van der Waals surface area contributed by atoms with Gasteiger partial charge in [0.2, 0.25) is 5.91 Å². The minimum Gasteiger partial charge on any atom is -0.394 e. The van der Waals surface area contributed by atoms with Gasteiger partial charge in [-0.25, -0.2) is 0 Å². The largest absolute Gasteiger partial charge is 0.394 e. The monoisotopic (exact) mass is 714 g/mol. The highest BCUT2D eigenvalue weighted by Crippen LogP contribution is 2.14. The molecule has 0 aromatic carbocycles. The summed E-state index contributed by atoms with van der Waals surface area (Å²) in [5.74, 6) is -0.0837. The van der Waals surface area contributed by atoms with Gasteiger partial charge >= 0.3 is 0 Å². The first-order valence-electron chi connectivity index (χ1n) is 22.4. The van der Waals surface area contributed by atoms with Gasteiger partial charge in [0.25, 0.3) is 0 Å². The molecule has 0 rings (SSSR count). The van der Waals surface area contributed by atoms with Gasteiger partial charge < -0.3 is 15.5 Å². The predicted octanol–water partition coefficient (Wildman–Crippen LogP) is 14.0. The highest BCUT2D eigenvalue weighted by molar-refractivity contribution is 5.76. The summed E-state index contributed by atoms with van der Waals surface area (Å²) in [6, 6.07) is -0.647. The number of carbonyl (C=O) groups excluding carboxylic acids is 1. The zero-order valence-electron chi connectivity index (χ0n) is 34.1. The van der Waals surface area contributed by atoms with Gasteiger partial charge in [-0.1, -0.05) is 197 Å². The van der Waals surface area contributed by atoms with E-state index in [9.17, 15) is 15.0 Å². The molecule has 0 saturated carbocycles. The number of hydrogen-bond acceptors (Lipinski definition) is 3. The van der Waals surface area contributed by atoms with Crippen LogP contribution in [0.3, 0.4) is 0 Å². The van der Waals surface area contributed by atoms with Crippen LogP contribution >= 0.6 is 0 Å². The quantitative estimate of drug-likeness (QED) is 0.0437. The lowest BCUT2D eigenvalue weighted by molar-refractivity contribution is -0.123. The molecule has 2 unspecified atom stereocenters. The fourth-order valence-corrected chi connectivity index (χ4v) is 6.56. The molecule has 0 aliphatic rings. The van der Waals surface area contributed by atoms with Crippen LogP contribution in [0.2, 0.25) is 0 Å². The van der Waals surface area contributed by atoms with Crippen molar-refractivity contribution in [3.05, 3.63) is 48.6 Å². The van der Waals surface area contributed by atoms with E-state index in [0.29, 0.717) is 6.42 Å². The molecule has 0 spiro atoms. The maximum atomic E-state index is 12.4. The first kappa shape index (κ1) is 49.4. The number of aliphatic hydroxyl groups is 2. The first-order chi connectivity index (χ1) is 25.2. The third kappa shape index (κ3) is 39.4. The second-order valence-corrected chi connectivity index (χ2v) is 15.1. The van der Waals surface area contributed by atoms with Crippen LogP contribution in [0.15, 0.2) is 48.6 Å². The van der Waals surface area contributed by atoms with Gasteiger partial charge in [-0.15, -0.1) is 0 Å². The zero-order chi connectivity index (χ0) is 37.1. The van der Waals surface area contributed by atoms with Crippen LogP contribution < -0.4 is 5.32 Å². The average molecular weight is 714 g/mol. The molecule has 2 atom stereocenters. The molecule has 4 heteroatoms. The Morgan fingerprint density at radius 1 is 0.451 bits per heavy atom. The molecule has 3 N–H and O–H groups in total. The zero-order valence-corrected chi connectivity index (χ0v) is 34.1. The van der Waals surface area contributed by atoms with Crippen LogP contribution in [0.1, 0.15) is 226 Å². The second kappa shape index (κ2) is 42.8. The Kier molecular flexibility index (Phi) is 41.4. The Morgan fingerprint density at radius 3 is 1.16 bits per heavy atom. The molecule has 0 radical (unpaired) electrons. The molecule has 0 aliphatic carbocycles. The number of amides is 1. The number of allylic oxidation sites excluding steroid dienone is 7. The summed E-state index contributed by atoms with van der Waals surface area (Å²) in [6.45, 7) is 4.28. The van der Waals surface area contributed by atoms with Crippen molar-refractivity contribution < 1.29 is 15.0 Å².